The van der Waals surface area contributed by atoms with Gasteiger partial charge in [-0.3, -0.25) is 14.8 Å². The van der Waals surface area contributed by atoms with Crippen molar-refractivity contribution in [1.29, 1.82) is 0 Å². The second kappa shape index (κ2) is 16.3. The Morgan fingerprint density at radius 2 is 1.57 bits per heavy atom. The molecule has 0 spiro atoms. The monoisotopic (exact) mass is 594 g/mol. The van der Waals surface area contributed by atoms with Gasteiger partial charge in [0.15, 0.2) is 6.29 Å². The molecule has 0 unspecified atom stereocenters. The van der Waals surface area contributed by atoms with Crippen molar-refractivity contribution in [2.75, 3.05) is 12.9 Å². The molecule has 1 saturated heterocycles. The first-order valence-electron chi connectivity index (χ1n) is 14.0. The van der Waals surface area contributed by atoms with Gasteiger partial charge in [0.2, 0.25) is 11.8 Å². The highest BCUT2D eigenvalue weighted by Gasteiger charge is 2.32. The summed E-state index contributed by atoms with van der Waals surface area (Å²) >= 11 is 1.69. The van der Waals surface area contributed by atoms with Crippen LogP contribution in [0.4, 0.5) is 0 Å². The maximum absolute atomic E-state index is 12.2. The average Bonchev–Trinajstić information content (AvgIpc) is 3.04. The number of unbranched alkanes of at least 4 members (excludes halogenated alkanes) is 1. The minimum atomic E-state index is -0.565. The van der Waals surface area contributed by atoms with E-state index in [9.17, 15) is 14.7 Å². The topological polar surface area (TPSA) is 126 Å². The van der Waals surface area contributed by atoms with E-state index in [4.69, 9.17) is 19.4 Å². The zero-order chi connectivity index (χ0) is 29.7. The highest BCUT2D eigenvalue weighted by molar-refractivity contribution is 7.99. The number of hydroxylamine groups is 1. The molecule has 1 fully saturated rings. The number of hydrogen-bond donors (Lipinski definition) is 4. The van der Waals surface area contributed by atoms with Crippen LogP contribution in [0.5, 0.6) is 5.75 Å². The van der Waals surface area contributed by atoms with E-state index in [1.54, 1.807) is 24.4 Å². The number of amides is 2. The third-order valence-corrected chi connectivity index (χ3v) is 8.22. The summed E-state index contributed by atoms with van der Waals surface area (Å²) in [5, 5.41) is 20.9. The molecule has 2 amide bonds. The standard InChI is InChI=1S/C32H38N2O7S/c1-39-27-6-2-3-7-29(27)42-21-26-18-28(24-14-12-23(20-35)13-15-24)41-32(40-26)25-16-10-22(11-17-25)19-33-30(36)8-4-5-9-31(37)34-38/h2-3,6-7,10-17,26,28,32,35,38H,4-5,8-9,18-21H2,1H3,(H,33,36)(H,34,37)/t26-,28+,32+/m0/s1. The minimum Gasteiger partial charge on any atom is -0.496 e. The molecular weight excluding hydrogens is 556 g/mol. The van der Waals surface area contributed by atoms with Crippen LogP contribution in [-0.4, -0.2) is 41.1 Å². The molecule has 224 valence electrons. The molecule has 3 aromatic carbocycles. The van der Waals surface area contributed by atoms with Gasteiger partial charge in [-0.2, -0.15) is 0 Å². The van der Waals surface area contributed by atoms with Gasteiger partial charge in [-0.1, -0.05) is 60.7 Å². The summed E-state index contributed by atoms with van der Waals surface area (Å²) in [5.41, 5.74) is 5.30. The fourth-order valence-corrected chi connectivity index (χ4v) is 5.70. The minimum absolute atomic E-state index is 0.00807. The lowest BCUT2D eigenvalue weighted by Crippen LogP contribution is -2.31. The van der Waals surface area contributed by atoms with Crippen LogP contribution in [0, 0.1) is 0 Å². The van der Waals surface area contributed by atoms with Crippen LogP contribution in [0.2, 0.25) is 0 Å². The first-order chi connectivity index (χ1) is 20.5. The largest absolute Gasteiger partial charge is 0.496 e. The Hall–Kier alpha value is -3.41. The molecule has 0 radical (unpaired) electrons. The molecule has 1 aliphatic heterocycles. The maximum atomic E-state index is 12.2. The Balaban J connectivity index is 1.38. The highest BCUT2D eigenvalue weighted by atomic mass is 32.2. The number of methoxy groups -OCH3 is 1. The molecule has 3 aromatic rings. The van der Waals surface area contributed by atoms with Crippen LogP contribution in [0.1, 0.15) is 66.8 Å². The predicted octanol–water partition coefficient (Wildman–Crippen LogP) is 5.21. The fraction of sp³-hybridized carbons (Fsp3) is 0.375. The van der Waals surface area contributed by atoms with Crippen molar-refractivity contribution in [2.24, 2.45) is 0 Å². The zero-order valence-corrected chi connectivity index (χ0v) is 24.5. The number of nitrogens with one attached hydrogen (secondary N) is 2. The predicted molar refractivity (Wildman–Crippen MR) is 159 cm³/mol. The van der Waals surface area contributed by atoms with E-state index in [2.05, 4.69) is 5.32 Å². The van der Waals surface area contributed by atoms with Crippen LogP contribution < -0.4 is 15.5 Å². The molecule has 10 heteroatoms. The van der Waals surface area contributed by atoms with Gasteiger partial charge < -0.3 is 24.6 Å². The number of carbonyl (C=O) groups is 2. The van der Waals surface area contributed by atoms with Gasteiger partial charge in [0.25, 0.3) is 0 Å². The second-order valence-corrected chi connectivity index (χ2v) is 11.1. The van der Waals surface area contributed by atoms with E-state index in [0.29, 0.717) is 32.2 Å². The molecule has 1 aliphatic rings. The number of aliphatic hydroxyl groups is 1. The van der Waals surface area contributed by atoms with E-state index < -0.39 is 12.2 Å². The number of benzene rings is 3. The van der Waals surface area contributed by atoms with E-state index >= 15 is 0 Å². The van der Waals surface area contributed by atoms with Crippen LogP contribution in [0.3, 0.4) is 0 Å². The van der Waals surface area contributed by atoms with Crippen LogP contribution in [0.15, 0.2) is 77.7 Å². The van der Waals surface area contributed by atoms with Crippen molar-refractivity contribution in [3.8, 4) is 5.75 Å². The Morgan fingerprint density at radius 3 is 2.26 bits per heavy atom. The third kappa shape index (κ3) is 9.30. The van der Waals surface area contributed by atoms with Crippen molar-refractivity contribution >= 4 is 23.6 Å². The Morgan fingerprint density at radius 1 is 0.905 bits per heavy atom. The van der Waals surface area contributed by atoms with E-state index in [1.165, 1.54) is 0 Å². The molecule has 9 nitrogen and oxygen atoms in total. The summed E-state index contributed by atoms with van der Waals surface area (Å²) in [6, 6.07) is 23.6. The molecular formula is C32H38N2O7S. The number of carbonyl (C=O) groups excluding carboxylic acids is 2. The summed E-state index contributed by atoms with van der Waals surface area (Å²) in [4.78, 5) is 24.3. The third-order valence-electron chi connectivity index (χ3n) is 7.03. The van der Waals surface area contributed by atoms with Gasteiger partial charge in [0.05, 0.1) is 25.9 Å². The Labute approximate surface area is 250 Å². The van der Waals surface area contributed by atoms with Gasteiger partial charge in [-0.25, -0.2) is 5.48 Å². The van der Waals surface area contributed by atoms with Crippen molar-refractivity contribution in [1.82, 2.24) is 10.8 Å². The molecule has 4 rings (SSSR count). The van der Waals surface area contributed by atoms with Crippen LogP contribution in [-0.2, 0) is 32.2 Å². The summed E-state index contributed by atoms with van der Waals surface area (Å²) in [5.74, 6) is 1.01. The quantitative estimate of drug-likeness (QED) is 0.0868. The molecule has 0 aliphatic carbocycles. The molecule has 0 bridgehead atoms. The number of hydrogen-bond acceptors (Lipinski definition) is 8. The lowest BCUT2D eigenvalue weighted by molar-refractivity contribution is -0.245. The number of aliphatic hydroxyl groups excluding tert-OH is 1. The molecule has 4 N–H and O–H groups in total. The number of rotatable bonds is 14. The Bertz CT molecular complexity index is 1290. The summed E-state index contributed by atoms with van der Waals surface area (Å²) in [6.45, 7) is 0.381. The first kappa shape index (κ1) is 31.5. The fourth-order valence-electron chi connectivity index (χ4n) is 4.65. The van der Waals surface area contributed by atoms with Crippen LogP contribution in [0.25, 0.3) is 0 Å². The first-order valence-corrected chi connectivity index (χ1v) is 15.0. The second-order valence-electron chi connectivity index (χ2n) is 10.1. The van der Waals surface area contributed by atoms with Crippen molar-refractivity contribution in [2.45, 2.75) is 68.6 Å². The van der Waals surface area contributed by atoms with Crippen LogP contribution >= 0.6 is 11.8 Å². The smallest absolute Gasteiger partial charge is 0.243 e. The van der Waals surface area contributed by atoms with E-state index in [-0.39, 0.29) is 31.1 Å². The van der Waals surface area contributed by atoms with Gasteiger partial charge in [-0.05, 0) is 41.7 Å². The van der Waals surface area contributed by atoms with Gasteiger partial charge >= 0.3 is 0 Å². The maximum Gasteiger partial charge on any atom is 0.243 e. The lowest BCUT2D eigenvalue weighted by Gasteiger charge is -2.36. The Kier molecular flexibility index (Phi) is 12.2. The SMILES string of the molecule is COc1ccccc1SC[C@@H]1C[C@H](c2ccc(CO)cc2)O[C@H](c2ccc(CNC(=O)CCCCC(=O)NO)cc2)O1. The summed E-state index contributed by atoms with van der Waals surface area (Å²) in [7, 11) is 1.67. The van der Waals surface area contributed by atoms with E-state index in [1.807, 2.05) is 72.8 Å². The van der Waals surface area contributed by atoms with Crippen molar-refractivity contribution < 1.29 is 34.1 Å². The average molecular weight is 595 g/mol. The summed E-state index contributed by atoms with van der Waals surface area (Å²) in [6.07, 6.45) is 1.46. The van der Waals surface area contributed by atoms with Gasteiger partial charge in [0, 0.05) is 42.0 Å². The van der Waals surface area contributed by atoms with Gasteiger partial charge in [-0.15, -0.1) is 11.8 Å². The molecule has 0 saturated carbocycles. The lowest BCUT2D eigenvalue weighted by atomic mass is 10.0. The summed E-state index contributed by atoms with van der Waals surface area (Å²) < 4.78 is 18.4. The van der Waals surface area contributed by atoms with Gasteiger partial charge in [0.1, 0.15) is 5.75 Å². The molecule has 3 atom stereocenters. The van der Waals surface area contributed by atoms with Crippen molar-refractivity contribution in [3.05, 3.63) is 95.1 Å². The number of thioether (sulfide) groups is 1. The normalized spacial score (nSPS) is 18.3. The van der Waals surface area contributed by atoms with E-state index in [0.717, 1.165) is 38.7 Å². The highest BCUT2D eigenvalue weighted by Crippen LogP contribution is 2.40. The number of ether oxygens (including phenoxy) is 3. The zero-order valence-electron chi connectivity index (χ0n) is 23.7. The molecule has 0 aromatic heterocycles. The molecule has 1 heterocycles. The number of para-hydroxylation sites is 1. The molecule has 42 heavy (non-hydrogen) atoms. The van der Waals surface area contributed by atoms with Crippen molar-refractivity contribution in [3.63, 3.8) is 0 Å².